The van der Waals surface area contributed by atoms with E-state index in [1.54, 1.807) is 6.92 Å². The summed E-state index contributed by atoms with van der Waals surface area (Å²) >= 11 is 1.25. The highest BCUT2D eigenvalue weighted by Gasteiger charge is 2.24. The maximum atomic E-state index is 11.1. The molecule has 2 atom stereocenters. The van der Waals surface area contributed by atoms with Crippen LogP contribution in [-0.2, 0) is 0 Å². The van der Waals surface area contributed by atoms with E-state index in [0.29, 0.717) is 22.3 Å². The predicted octanol–water partition coefficient (Wildman–Crippen LogP) is 2.75. The first-order valence-corrected chi connectivity index (χ1v) is 6.31. The molecular weight excluding hydrogens is 224 g/mol. The molecule has 0 bridgehead atoms. The Hall–Kier alpha value is -1.10. The summed E-state index contributed by atoms with van der Waals surface area (Å²) in [5.41, 5.74) is 0.940. The number of nitrogens with one attached hydrogen (secondary N) is 1. The number of hydrogen-bond donors (Lipinski definition) is 2. The Bertz CT molecular complexity index is 403. The number of carboxylic acids is 1. The van der Waals surface area contributed by atoms with E-state index < -0.39 is 5.97 Å². The molecule has 1 aliphatic rings. The molecule has 0 aromatic carbocycles. The van der Waals surface area contributed by atoms with Crippen molar-refractivity contribution >= 4 is 22.5 Å². The minimum atomic E-state index is -0.889. The van der Waals surface area contributed by atoms with E-state index in [2.05, 4.69) is 16.6 Å². The van der Waals surface area contributed by atoms with Crippen molar-refractivity contribution in [2.45, 2.75) is 39.2 Å². The predicted molar refractivity (Wildman–Crippen MR) is 64.2 cm³/mol. The largest absolute Gasteiger partial charge is 0.478 e. The maximum absolute atomic E-state index is 11.1. The zero-order valence-corrected chi connectivity index (χ0v) is 10.3. The molecule has 4 nitrogen and oxygen atoms in total. The summed E-state index contributed by atoms with van der Waals surface area (Å²) in [5.74, 6) is -0.153. The molecule has 1 aromatic heterocycles. The Labute approximate surface area is 98.9 Å². The number of anilines is 1. The van der Waals surface area contributed by atoms with Crippen molar-refractivity contribution < 1.29 is 9.90 Å². The van der Waals surface area contributed by atoms with Crippen molar-refractivity contribution in [3.05, 3.63) is 11.3 Å². The lowest BCUT2D eigenvalue weighted by atomic mass is 10.1. The summed E-state index contributed by atoms with van der Waals surface area (Å²) in [6.45, 7) is 3.97. The summed E-state index contributed by atoms with van der Waals surface area (Å²) in [5, 5.41) is 13.1. The highest BCUT2D eigenvalue weighted by molar-refractivity contribution is 7.10. The Morgan fingerprint density at radius 1 is 1.56 bits per heavy atom. The summed E-state index contributed by atoms with van der Waals surface area (Å²) in [7, 11) is 0. The fourth-order valence-electron chi connectivity index (χ4n) is 2.24. The zero-order chi connectivity index (χ0) is 11.7. The number of aryl methyl sites for hydroxylation is 1. The van der Waals surface area contributed by atoms with Gasteiger partial charge in [-0.15, -0.1) is 0 Å². The van der Waals surface area contributed by atoms with Crippen molar-refractivity contribution in [1.29, 1.82) is 0 Å². The molecule has 0 radical (unpaired) electrons. The van der Waals surface area contributed by atoms with Gasteiger partial charge in [0.05, 0.1) is 5.69 Å². The molecule has 1 saturated carbocycles. The Balaban J connectivity index is 2.12. The van der Waals surface area contributed by atoms with Crippen LogP contribution >= 0.6 is 11.5 Å². The van der Waals surface area contributed by atoms with Crippen LogP contribution in [0.3, 0.4) is 0 Å². The van der Waals surface area contributed by atoms with Gasteiger partial charge in [-0.1, -0.05) is 6.92 Å². The van der Waals surface area contributed by atoms with Crippen LogP contribution in [0, 0.1) is 12.8 Å². The van der Waals surface area contributed by atoms with Crippen molar-refractivity contribution in [3.8, 4) is 0 Å². The molecule has 0 amide bonds. The van der Waals surface area contributed by atoms with Gasteiger partial charge in [0, 0.05) is 6.04 Å². The molecule has 0 saturated heterocycles. The number of nitrogens with zero attached hydrogens (tertiary/aromatic N) is 1. The lowest BCUT2D eigenvalue weighted by molar-refractivity contribution is 0.0697. The van der Waals surface area contributed by atoms with Gasteiger partial charge < -0.3 is 10.4 Å². The number of hydrogen-bond acceptors (Lipinski definition) is 4. The quantitative estimate of drug-likeness (QED) is 0.852. The molecule has 1 aliphatic carbocycles. The molecule has 5 heteroatoms. The minimum absolute atomic E-state index is 0.338. The highest BCUT2D eigenvalue weighted by Crippen LogP contribution is 2.31. The van der Waals surface area contributed by atoms with Gasteiger partial charge in [-0.05, 0) is 43.6 Å². The van der Waals surface area contributed by atoms with Gasteiger partial charge in [0.2, 0.25) is 0 Å². The van der Waals surface area contributed by atoms with Crippen LogP contribution in [0.15, 0.2) is 0 Å². The summed E-state index contributed by atoms with van der Waals surface area (Å²) < 4.78 is 4.10. The Kier molecular flexibility index (Phi) is 3.14. The minimum Gasteiger partial charge on any atom is -0.478 e. The lowest BCUT2D eigenvalue weighted by Crippen LogP contribution is -2.16. The van der Waals surface area contributed by atoms with Crippen LogP contribution in [0.2, 0.25) is 0 Å². The van der Waals surface area contributed by atoms with Crippen LogP contribution in [-0.4, -0.2) is 21.5 Å². The molecule has 88 valence electrons. The van der Waals surface area contributed by atoms with Gasteiger partial charge in [0.25, 0.3) is 0 Å². The summed E-state index contributed by atoms with van der Waals surface area (Å²) in [6, 6.07) is 0.410. The second-order valence-corrected chi connectivity index (χ2v) is 5.31. The van der Waals surface area contributed by atoms with E-state index in [1.807, 2.05) is 0 Å². The number of aromatic carboxylic acids is 1. The van der Waals surface area contributed by atoms with Crippen LogP contribution < -0.4 is 5.32 Å². The number of aromatic nitrogens is 1. The van der Waals surface area contributed by atoms with Crippen LogP contribution in [0.1, 0.15) is 42.2 Å². The molecule has 2 unspecified atom stereocenters. The molecule has 1 heterocycles. The third kappa shape index (κ3) is 2.19. The molecule has 16 heavy (non-hydrogen) atoms. The first-order valence-electron chi connectivity index (χ1n) is 5.54. The number of carbonyl (C=O) groups is 1. The first kappa shape index (κ1) is 11.4. The molecule has 0 spiro atoms. The van der Waals surface area contributed by atoms with E-state index in [9.17, 15) is 4.79 Å². The molecule has 1 aromatic rings. The molecular formula is C11H16N2O2S. The average molecular weight is 240 g/mol. The van der Waals surface area contributed by atoms with E-state index >= 15 is 0 Å². The van der Waals surface area contributed by atoms with E-state index in [-0.39, 0.29) is 0 Å². The standard InChI is InChI=1S/C11H16N2O2S/c1-6-3-4-8(5-6)12-10-9(11(14)15)7(2)13-16-10/h6,8,12H,3-5H2,1-2H3,(H,14,15). The number of rotatable bonds is 3. The average Bonchev–Trinajstić information content (AvgIpc) is 2.74. The van der Waals surface area contributed by atoms with E-state index in [1.165, 1.54) is 18.0 Å². The second-order valence-electron chi connectivity index (χ2n) is 4.54. The molecule has 2 N–H and O–H groups in total. The SMILES string of the molecule is Cc1nsc(NC2CCC(C)C2)c1C(=O)O. The van der Waals surface area contributed by atoms with Gasteiger partial charge in [0.15, 0.2) is 0 Å². The van der Waals surface area contributed by atoms with Crippen LogP contribution in [0.25, 0.3) is 0 Å². The summed E-state index contributed by atoms with van der Waals surface area (Å²) in [6.07, 6.45) is 3.46. The summed E-state index contributed by atoms with van der Waals surface area (Å²) in [4.78, 5) is 11.1. The molecule has 0 aliphatic heterocycles. The van der Waals surface area contributed by atoms with Crippen LogP contribution in [0.4, 0.5) is 5.00 Å². The number of carboxylic acid groups (broad SMARTS) is 1. The maximum Gasteiger partial charge on any atom is 0.340 e. The van der Waals surface area contributed by atoms with Crippen molar-refractivity contribution in [2.75, 3.05) is 5.32 Å². The van der Waals surface area contributed by atoms with Crippen molar-refractivity contribution in [2.24, 2.45) is 5.92 Å². The lowest BCUT2D eigenvalue weighted by Gasteiger charge is -2.12. The first-order chi connectivity index (χ1) is 7.58. The third-order valence-electron chi connectivity index (χ3n) is 3.11. The van der Waals surface area contributed by atoms with Crippen molar-refractivity contribution in [1.82, 2.24) is 4.37 Å². The fraction of sp³-hybridized carbons (Fsp3) is 0.636. The Morgan fingerprint density at radius 2 is 2.31 bits per heavy atom. The van der Waals surface area contributed by atoms with E-state index in [4.69, 9.17) is 5.11 Å². The second kappa shape index (κ2) is 4.41. The zero-order valence-electron chi connectivity index (χ0n) is 9.49. The van der Waals surface area contributed by atoms with Gasteiger partial charge in [-0.3, -0.25) is 0 Å². The van der Waals surface area contributed by atoms with Gasteiger partial charge >= 0.3 is 5.97 Å². The fourth-order valence-corrected chi connectivity index (χ4v) is 3.11. The smallest absolute Gasteiger partial charge is 0.340 e. The van der Waals surface area contributed by atoms with Gasteiger partial charge in [-0.2, -0.15) is 4.37 Å². The normalized spacial score (nSPS) is 24.6. The van der Waals surface area contributed by atoms with E-state index in [0.717, 1.165) is 18.8 Å². The third-order valence-corrected chi connectivity index (χ3v) is 3.98. The Morgan fingerprint density at radius 3 is 2.88 bits per heavy atom. The van der Waals surface area contributed by atoms with Gasteiger partial charge in [0.1, 0.15) is 10.6 Å². The molecule has 2 rings (SSSR count). The monoisotopic (exact) mass is 240 g/mol. The van der Waals surface area contributed by atoms with Crippen molar-refractivity contribution in [3.63, 3.8) is 0 Å². The molecule has 1 fully saturated rings. The topological polar surface area (TPSA) is 62.2 Å². The van der Waals surface area contributed by atoms with Crippen LogP contribution in [0.5, 0.6) is 0 Å². The van der Waals surface area contributed by atoms with Gasteiger partial charge in [-0.25, -0.2) is 4.79 Å². The highest BCUT2D eigenvalue weighted by atomic mass is 32.1.